The van der Waals surface area contributed by atoms with Crippen molar-refractivity contribution in [2.45, 2.75) is 13.5 Å². The molecule has 0 fully saturated rings. The van der Waals surface area contributed by atoms with Crippen molar-refractivity contribution >= 4 is 11.3 Å². The molecule has 3 aromatic rings. The molecule has 29 heavy (non-hydrogen) atoms. The topological polar surface area (TPSA) is 80.6 Å². The molecule has 152 valence electrons. The first kappa shape index (κ1) is 20.8. The third kappa shape index (κ3) is 4.94. The summed E-state index contributed by atoms with van der Waals surface area (Å²) in [7, 11) is 1.60. The summed E-state index contributed by atoms with van der Waals surface area (Å²) < 4.78 is 56.6. The van der Waals surface area contributed by atoms with E-state index < -0.39 is 22.9 Å². The number of nitrogens with zero attached hydrogens (tertiary/aromatic N) is 1. The highest BCUT2D eigenvalue weighted by Crippen LogP contribution is 2.36. The van der Waals surface area contributed by atoms with Gasteiger partial charge in [-0.2, -0.15) is 0 Å². The third-order valence-electron chi connectivity index (χ3n) is 4.28. The van der Waals surface area contributed by atoms with E-state index >= 15 is 0 Å². The number of aromatic nitrogens is 1. The molecule has 2 N–H and O–H groups in total. The van der Waals surface area contributed by atoms with Crippen LogP contribution in [0.3, 0.4) is 0 Å². The molecule has 0 bridgehead atoms. The maximum Gasteiger partial charge on any atom is 0.250 e. The Hall–Kier alpha value is -2.88. The number of aryl methyl sites for hydroxylation is 2. The van der Waals surface area contributed by atoms with Gasteiger partial charge in [-0.05, 0) is 42.3 Å². The second-order valence-electron chi connectivity index (χ2n) is 6.40. The molecule has 2 aromatic carbocycles. The first-order valence-corrected chi connectivity index (χ1v) is 9.63. The summed E-state index contributed by atoms with van der Waals surface area (Å²) >= 11 is -2.18. The van der Waals surface area contributed by atoms with Crippen LogP contribution in [0.2, 0.25) is 0 Å². The van der Waals surface area contributed by atoms with E-state index in [1.54, 1.807) is 38.4 Å². The maximum absolute atomic E-state index is 14.1. The molecule has 1 aromatic heterocycles. The Morgan fingerprint density at radius 3 is 2.52 bits per heavy atom. The Balaban J connectivity index is 2.11. The van der Waals surface area contributed by atoms with Crippen LogP contribution in [0.5, 0.6) is 11.5 Å². The predicted octanol–water partition coefficient (Wildman–Crippen LogP) is 3.66. The van der Waals surface area contributed by atoms with Crippen molar-refractivity contribution in [1.82, 2.24) is 9.29 Å². The molecule has 1 atom stereocenters. The van der Waals surface area contributed by atoms with E-state index in [2.05, 4.69) is 4.72 Å². The van der Waals surface area contributed by atoms with E-state index in [4.69, 9.17) is 9.29 Å². The van der Waals surface area contributed by atoms with Crippen molar-refractivity contribution in [3.05, 3.63) is 81.8 Å². The monoisotopic (exact) mass is 420 g/mol. The summed E-state index contributed by atoms with van der Waals surface area (Å²) in [5.41, 5.74) is 2.36. The highest BCUT2D eigenvalue weighted by atomic mass is 32.2. The lowest BCUT2D eigenvalue weighted by molar-refractivity contribution is 0.439. The zero-order valence-electron chi connectivity index (χ0n) is 15.6. The summed E-state index contributed by atoms with van der Waals surface area (Å²) in [6.07, 6.45) is 1.63. The summed E-state index contributed by atoms with van der Waals surface area (Å²) in [5.74, 6) is -1.44. The minimum atomic E-state index is -2.18. The van der Waals surface area contributed by atoms with Crippen LogP contribution >= 0.6 is 0 Å². The van der Waals surface area contributed by atoms with Crippen molar-refractivity contribution in [2.24, 2.45) is 7.05 Å². The van der Waals surface area contributed by atoms with Crippen LogP contribution in [0, 0.1) is 18.6 Å². The van der Waals surface area contributed by atoms with E-state index in [0.29, 0.717) is 22.3 Å². The smallest absolute Gasteiger partial charge is 0.250 e. The largest absolute Gasteiger partial charge is 0.454 e. The molecule has 0 radical (unpaired) electrons. The fourth-order valence-electron chi connectivity index (χ4n) is 2.81. The molecule has 9 heteroatoms. The lowest BCUT2D eigenvalue weighted by atomic mass is 9.99. The van der Waals surface area contributed by atoms with Crippen LogP contribution in [-0.2, 0) is 24.9 Å². The van der Waals surface area contributed by atoms with Gasteiger partial charge in [-0.3, -0.25) is 9.35 Å². The normalized spacial score (nSPS) is 12.0. The molecule has 0 aliphatic heterocycles. The quantitative estimate of drug-likeness (QED) is 0.597. The van der Waals surface area contributed by atoms with Crippen LogP contribution in [-0.4, -0.2) is 13.3 Å². The first-order valence-electron chi connectivity index (χ1n) is 8.52. The average molecular weight is 420 g/mol. The minimum absolute atomic E-state index is 0.103. The van der Waals surface area contributed by atoms with Crippen molar-refractivity contribution in [1.29, 1.82) is 0 Å². The second kappa shape index (κ2) is 8.64. The number of hydrogen-bond acceptors (Lipinski definition) is 3. The standard InChI is InChI=1S/C20H18F2N2O4S/c1-12-7-20(25)24(2)11-16(12)15-8-13(10-23-29(26)27)3-5-18(15)28-19-6-4-14(21)9-17(19)22/h3-9,11,23H,10H2,1-2H3,(H,26,27). The Kier molecular flexibility index (Phi) is 6.21. The molecule has 1 heterocycles. The van der Waals surface area contributed by atoms with Gasteiger partial charge in [-0.15, -0.1) is 0 Å². The second-order valence-corrected chi connectivity index (χ2v) is 7.18. The lowest BCUT2D eigenvalue weighted by Gasteiger charge is -2.16. The fraction of sp³-hybridized carbons (Fsp3) is 0.150. The minimum Gasteiger partial charge on any atom is -0.454 e. The zero-order valence-corrected chi connectivity index (χ0v) is 16.4. The van der Waals surface area contributed by atoms with Gasteiger partial charge >= 0.3 is 0 Å². The lowest BCUT2D eigenvalue weighted by Crippen LogP contribution is -2.16. The number of halogens is 2. The van der Waals surface area contributed by atoms with Crippen LogP contribution in [0.25, 0.3) is 11.1 Å². The molecule has 6 nitrogen and oxygen atoms in total. The van der Waals surface area contributed by atoms with Crippen molar-refractivity contribution in [3.8, 4) is 22.6 Å². The molecular formula is C20H18F2N2O4S. The number of hydrogen-bond donors (Lipinski definition) is 2. The van der Waals surface area contributed by atoms with Crippen LogP contribution in [0.4, 0.5) is 8.78 Å². The van der Waals surface area contributed by atoms with E-state index in [1.807, 2.05) is 0 Å². The molecule has 0 saturated carbocycles. The number of pyridine rings is 1. The van der Waals surface area contributed by atoms with Gasteiger partial charge in [-0.25, -0.2) is 17.7 Å². The summed E-state index contributed by atoms with van der Waals surface area (Å²) in [5, 5.41) is 0. The first-order chi connectivity index (χ1) is 13.7. The van der Waals surface area contributed by atoms with E-state index in [0.717, 1.165) is 12.1 Å². The Morgan fingerprint density at radius 2 is 1.83 bits per heavy atom. The highest BCUT2D eigenvalue weighted by Gasteiger charge is 2.15. The van der Waals surface area contributed by atoms with Crippen LogP contribution < -0.4 is 15.0 Å². The van der Waals surface area contributed by atoms with Gasteiger partial charge in [0, 0.05) is 43.0 Å². The van der Waals surface area contributed by atoms with E-state index in [9.17, 15) is 17.8 Å². The number of nitrogens with one attached hydrogen (secondary N) is 1. The SMILES string of the molecule is Cc1cc(=O)n(C)cc1-c1cc(CNS(=O)O)ccc1Oc1ccc(F)cc1F. The molecule has 1 unspecified atom stereocenters. The van der Waals surface area contributed by atoms with Gasteiger partial charge in [-0.1, -0.05) is 6.07 Å². The van der Waals surface area contributed by atoms with Gasteiger partial charge in [0.15, 0.2) is 11.6 Å². The van der Waals surface area contributed by atoms with Gasteiger partial charge in [0.2, 0.25) is 11.3 Å². The molecular weight excluding hydrogens is 402 g/mol. The summed E-state index contributed by atoms with van der Waals surface area (Å²) in [4.78, 5) is 11.9. The third-order valence-corrected chi connectivity index (χ3v) is 4.67. The molecule has 0 aliphatic rings. The van der Waals surface area contributed by atoms with Gasteiger partial charge in [0.05, 0.1) is 0 Å². The van der Waals surface area contributed by atoms with Crippen molar-refractivity contribution in [2.75, 3.05) is 0 Å². The van der Waals surface area contributed by atoms with Gasteiger partial charge in [0.25, 0.3) is 5.56 Å². The fourth-order valence-corrected chi connectivity index (χ4v) is 3.10. The van der Waals surface area contributed by atoms with Crippen LogP contribution in [0.15, 0.2) is 53.5 Å². The average Bonchev–Trinajstić information content (AvgIpc) is 2.66. The van der Waals surface area contributed by atoms with Gasteiger partial charge < -0.3 is 9.30 Å². The molecule has 3 rings (SSSR count). The molecule has 0 aliphatic carbocycles. The van der Waals surface area contributed by atoms with Crippen molar-refractivity contribution in [3.63, 3.8) is 0 Å². The number of benzene rings is 2. The Bertz CT molecular complexity index is 1150. The van der Waals surface area contributed by atoms with E-state index in [1.165, 1.54) is 16.7 Å². The van der Waals surface area contributed by atoms with Crippen molar-refractivity contribution < 1.29 is 22.3 Å². The Morgan fingerprint density at radius 1 is 1.10 bits per heavy atom. The van der Waals surface area contributed by atoms with Crippen LogP contribution in [0.1, 0.15) is 11.1 Å². The Labute approximate surface area is 168 Å². The zero-order chi connectivity index (χ0) is 21.1. The number of ether oxygens (including phenoxy) is 1. The molecule has 0 spiro atoms. The highest BCUT2D eigenvalue weighted by molar-refractivity contribution is 7.77. The molecule has 0 amide bonds. The summed E-state index contributed by atoms with van der Waals surface area (Å²) in [6.45, 7) is 1.86. The number of rotatable bonds is 6. The summed E-state index contributed by atoms with van der Waals surface area (Å²) in [6, 6.07) is 9.41. The van der Waals surface area contributed by atoms with Gasteiger partial charge in [0.1, 0.15) is 11.6 Å². The predicted molar refractivity (Wildman–Crippen MR) is 106 cm³/mol. The molecule has 0 saturated heterocycles. The van der Waals surface area contributed by atoms with E-state index in [-0.39, 0.29) is 23.6 Å². The maximum atomic E-state index is 14.1.